The Morgan fingerprint density at radius 2 is 2.36 bits per heavy atom. The number of aryl methyl sites for hydroxylation is 1. The summed E-state index contributed by atoms with van der Waals surface area (Å²) in [7, 11) is 3.76. The van der Waals surface area contributed by atoms with Crippen molar-refractivity contribution in [3.8, 4) is 0 Å². The third kappa shape index (κ3) is 2.52. The van der Waals surface area contributed by atoms with Gasteiger partial charge >= 0.3 is 6.03 Å². The van der Waals surface area contributed by atoms with E-state index in [1.165, 1.54) is 0 Å². The molecule has 4 heteroatoms. The fourth-order valence-corrected chi connectivity index (χ4v) is 1.26. The molecule has 1 N–H and O–H groups in total. The average Bonchev–Trinajstić information content (AvgIpc) is 2.52. The molecule has 2 amide bonds. The lowest BCUT2D eigenvalue weighted by Crippen LogP contribution is -2.36. The van der Waals surface area contributed by atoms with Crippen molar-refractivity contribution in [2.75, 3.05) is 13.6 Å². The van der Waals surface area contributed by atoms with Crippen molar-refractivity contribution in [1.82, 2.24) is 14.8 Å². The molecule has 0 aliphatic heterocycles. The molecule has 0 aromatic carbocycles. The second kappa shape index (κ2) is 4.69. The maximum absolute atomic E-state index is 11.4. The lowest BCUT2D eigenvalue weighted by atomic mass is 10.4. The molecule has 0 aliphatic rings. The molecule has 0 fully saturated rings. The Morgan fingerprint density at radius 3 is 2.86 bits per heavy atom. The van der Waals surface area contributed by atoms with Gasteiger partial charge < -0.3 is 14.8 Å². The van der Waals surface area contributed by atoms with E-state index < -0.39 is 0 Å². The molecule has 0 unspecified atom stereocenters. The van der Waals surface area contributed by atoms with Crippen LogP contribution in [0.15, 0.2) is 18.3 Å². The van der Waals surface area contributed by atoms with Crippen LogP contribution in [-0.4, -0.2) is 29.1 Å². The van der Waals surface area contributed by atoms with Gasteiger partial charge in [-0.15, -0.1) is 0 Å². The summed E-state index contributed by atoms with van der Waals surface area (Å²) >= 11 is 0. The zero-order valence-corrected chi connectivity index (χ0v) is 8.95. The molecule has 1 rings (SSSR count). The van der Waals surface area contributed by atoms with Gasteiger partial charge in [-0.3, -0.25) is 0 Å². The van der Waals surface area contributed by atoms with Crippen LogP contribution in [0.5, 0.6) is 0 Å². The molecule has 14 heavy (non-hydrogen) atoms. The summed E-state index contributed by atoms with van der Waals surface area (Å²) in [4.78, 5) is 13.1. The quantitative estimate of drug-likeness (QED) is 0.772. The van der Waals surface area contributed by atoms with Gasteiger partial charge in [-0.25, -0.2) is 4.79 Å². The highest BCUT2D eigenvalue weighted by Crippen LogP contribution is 2.03. The minimum Gasteiger partial charge on any atom is -0.353 e. The average molecular weight is 195 g/mol. The summed E-state index contributed by atoms with van der Waals surface area (Å²) in [6.07, 6.45) is 1.97. The van der Waals surface area contributed by atoms with Crippen molar-refractivity contribution in [2.45, 2.75) is 13.5 Å². The predicted molar refractivity (Wildman–Crippen MR) is 56.0 cm³/mol. The molecule has 0 radical (unpaired) electrons. The van der Waals surface area contributed by atoms with Gasteiger partial charge in [-0.2, -0.15) is 0 Å². The van der Waals surface area contributed by atoms with Crippen molar-refractivity contribution in [3.05, 3.63) is 24.0 Å². The number of carbonyl (C=O) groups is 1. The number of hydrogen-bond acceptors (Lipinski definition) is 1. The molecule has 1 heterocycles. The van der Waals surface area contributed by atoms with Crippen LogP contribution in [0.2, 0.25) is 0 Å². The van der Waals surface area contributed by atoms with Gasteiger partial charge in [0.1, 0.15) is 0 Å². The standard InChI is InChI=1S/C10H17N3O/c1-4-11-10(14)13(3)8-9-6-5-7-12(9)2/h5-7H,4,8H2,1-3H3,(H,11,14). The van der Waals surface area contributed by atoms with Crippen LogP contribution in [0.4, 0.5) is 4.79 Å². The summed E-state index contributed by atoms with van der Waals surface area (Å²) in [6, 6.07) is 3.95. The lowest BCUT2D eigenvalue weighted by molar-refractivity contribution is 0.206. The van der Waals surface area contributed by atoms with E-state index in [-0.39, 0.29) is 6.03 Å². The van der Waals surface area contributed by atoms with Crippen molar-refractivity contribution < 1.29 is 4.79 Å². The van der Waals surface area contributed by atoms with Crippen LogP contribution >= 0.6 is 0 Å². The first kappa shape index (κ1) is 10.6. The number of nitrogens with zero attached hydrogens (tertiary/aromatic N) is 2. The Balaban J connectivity index is 2.52. The second-order valence-corrected chi connectivity index (χ2v) is 3.30. The highest BCUT2D eigenvalue weighted by Gasteiger charge is 2.08. The first-order valence-electron chi connectivity index (χ1n) is 4.74. The maximum atomic E-state index is 11.4. The van der Waals surface area contributed by atoms with Gasteiger partial charge in [-0.1, -0.05) is 0 Å². The summed E-state index contributed by atoms with van der Waals surface area (Å²) < 4.78 is 2.01. The van der Waals surface area contributed by atoms with E-state index in [1.54, 1.807) is 11.9 Å². The number of urea groups is 1. The molecule has 0 saturated carbocycles. The summed E-state index contributed by atoms with van der Waals surface area (Å²) in [5, 5.41) is 2.75. The third-order valence-electron chi connectivity index (χ3n) is 2.13. The van der Waals surface area contributed by atoms with Crippen LogP contribution in [0.3, 0.4) is 0 Å². The number of amides is 2. The fourth-order valence-electron chi connectivity index (χ4n) is 1.26. The van der Waals surface area contributed by atoms with E-state index >= 15 is 0 Å². The lowest BCUT2D eigenvalue weighted by Gasteiger charge is -2.17. The normalized spacial score (nSPS) is 9.93. The van der Waals surface area contributed by atoms with E-state index in [0.29, 0.717) is 13.1 Å². The first-order chi connectivity index (χ1) is 6.65. The molecule has 0 saturated heterocycles. The van der Waals surface area contributed by atoms with Crippen LogP contribution in [-0.2, 0) is 13.6 Å². The van der Waals surface area contributed by atoms with Crippen molar-refractivity contribution in [3.63, 3.8) is 0 Å². The van der Waals surface area contributed by atoms with Crippen molar-refractivity contribution in [1.29, 1.82) is 0 Å². The fraction of sp³-hybridized carbons (Fsp3) is 0.500. The van der Waals surface area contributed by atoms with E-state index in [1.807, 2.05) is 36.9 Å². The van der Waals surface area contributed by atoms with Gasteiger partial charge in [0, 0.05) is 32.5 Å². The molecule has 4 nitrogen and oxygen atoms in total. The molecular weight excluding hydrogens is 178 g/mol. The number of aromatic nitrogens is 1. The van der Waals surface area contributed by atoms with Crippen LogP contribution in [0, 0.1) is 0 Å². The molecule has 0 bridgehead atoms. The van der Waals surface area contributed by atoms with Crippen molar-refractivity contribution >= 4 is 6.03 Å². The van der Waals surface area contributed by atoms with E-state index in [9.17, 15) is 4.79 Å². The predicted octanol–water partition coefficient (Wildman–Crippen LogP) is 1.19. The van der Waals surface area contributed by atoms with Crippen molar-refractivity contribution in [2.24, 2.45) is 7.05 Å². The van der Waals surface area contributed by atoms with Gasteiger partial charge in [0.25, 0.3) is 0 Å². The number of hydrogen-bond donors (Lipinski definition) is 1. The minimum atomic E-state index is -0.0336. The summed E-state index contributed by atoms with van der Waals surface area (Å²) in [5.41, 5.74) is 1.12. The Labute approximate surface area is 84.5 Å². The number of nitrogens with one attached hydrogen (secondary N) is 1. The SMILES string of the molecule is CCNC(=O)N(C)Cc1cccn1C. The van der Waals surface area contributed by atoms with Crippen LogP contribution in [0.1, 0.15) is 12.6 Å². The zero-order chi connectivity index (χ0) is 10.6. The van der Waals surface area contributed by atoms with Crippen LogP contribution < -0.4 is 5.32 Å². The molecule has 1 aromatic rings. The zero-order valence-electron chi connectivity index (χ0n) is 8.95. The molecule has 0 spiro atoms. The topological polar surface area (TPSA) is 37.3 Å². The van der Waals surface area contributed by atoms with Crippen LogP contribution in [0.25, 0.3) is 0 Å². The Hall–Kier alpha value is -1.45. The Bertz CT molecular complexity index is 306. The molecule has 78 valence electrons. The number of rotatable bonds is 3. The first-order valence-corrected chi connectivity index (χ1v) is 4.74. The highest BCUT2D eigenvalue weighted by atomic mass is 16.2. The molecule has 1 aromatic heterocycles. The monoisotopic (exact) mass is 195 g/mol. The maximum Gasteiger partial charge on any atom is 0.317 e. The number of carbonyl (C=O) groups excluding carboxylic acids is 1. The van der Waals surface area contributed by atoms with E-state index in [4.69, 9.17) is 0 Å². The second-order valence-electron chi connectivity index (χ2n) is 3.30. The Kier molecular flexibility index (Phi) is 3.56. The van der Waals surface area contributed by atoms with E-state index in [0.717, 1.165) is 5.69 Å². The molecule has 0 atom stereocenters. The minimum absolute atomic E-state index is 0.0336. The Morgan fingerprint density at radius 1 is 1.64 bits per heavy atom. The third-order valence-corrected chi connectivity index (χ3v) is 2.13. The molecular formula is C10H17N3O. The van der Waals surface area contributed by atoms with Gasteiger partial charge in [0.15, 0.2) is 0 Å². The highest BCUT2D eigenvalue weighted by molar-refractivity contribution is 5.73. The smallest absolute Gasteiger partial charge is 0.317 e. The summed E-state index contributed by atoms with van der Waals surface area (Å²) in [6.45, 7) is 3.21. The molecule has 0 aliphatic carbocycles. The van der Waals surface area contributed by atoms with E-state index in [2.05, 4.69) is 5.32 Å². The summed E-state index contributed by atoms with van der Waals surface area (Å²) in [5.74, 6) is 0. The van der Waals surface area contributed by atoms with Gasteiger partial charge in [0.2, 0.25) is 0 Å². The van der Waals surface area contributed by atoms with Gasteiger partial charge in [-0.05, 0) is 19.1 Å². The van der Waals surface area contributed by atoms with Gasteiger partial charge in [0.05, 0.1) is 6.54 Å². The largest absolute Gasteiger partial charge is 0.353 e.